The SMILES string of the molecule is CC[Si](CC)(CC)OC1C(C)(C)CCCC1(C)C. The van der Waals surface area contributed by atoms with E-state index < -0.39 is 8.32 Å². The first-order valence-electron chi connectivity index (χ1n) is 7.91. The third-order valence-electron chi connectivity index (χ3n) is 5.36. The summed E-state index contributed by atoms with van der Waals surface area (Å²) in [7, 11) is -1.48. The molecule has 0 heterocycles. The lowest BCUT2D eigenvalue weighted by Crippen LogP contribution is -2.53. The Hall–Kier alpha value is 0.177. The van der Waals surface area contributed by atoms with Crippen LogP contribution in [0.1, 0.15) is 67.7 Å². The highest BCUT2D eigenvalue weighted by atomic mass is 28.4. The summed E-state index contributed by atoms with van der Waals surface area (Å²) in [6, 6.07) is 3.80. The van der Waals surface area contributed by atoms with Gasteiger partial charge in [0.25, 0.3) is 0 Å². The second kappa shape index (κ2) is 5.66. The first kappa shape index (κ1) is 16.2. The lowest BCUT2D eigenvalue weighted by molar-refractivity contribution is -0.0642. The Morgan fingerprint density at radius 3 is 1.61 bits per heavy atom. The second-order valence-corrected chi connectivity index (χ2v) is 12.3. The first-order chi connectivity index (χ1) is 8.23. The van der Waals surface area contributed by atoms with E-state index in [1.165, 1.54) is 37.4 Å². The van der Waals surface area contributed by atoms with Crippen molar-refractivity contribution in [1.29, 1.82) is 0 Å². The molecule has 0 bridgehead atoms. The fourth-order valence-corrected chi connectivity index (χ4v) is 7.03. The Morgan fingerprint density at radius 2 is 1.28 bits per heavy atom. The summed E-state index contributed by atoms with van der Waals surface area (Å²) in [6.07, 6.45) is 4.45. The van der Waals surface area contributed by atoms with Crippen molar-refractivity contribution in [3.8, 4) is 0 Å². The van der Waals surface area contributed by atoms with Crippen molar-refractivity contribution in [2.75, 3.05) is 0 Å². The molecule has 0 amide bonds. The second-order valence-electron chi connectivity index (χ2n) is 7.57. The summed E-state index contributed by atoms with van der Waals surface area (Å²) in [6.45, 7) is 16.7. The number of hydrogen-bond acceptors (Lipinski definition) is 1. The van der Waals surface area contributed by atoms with Gasteiger partial charge in [0.1, 0.15) is 0 Å². The highest BCUT2D eigenvalue weighted by Crippen LogP contribution is 2.49. The van der Waals surface area contributed by atoms with Gasteiger partial charge in [-0.1, -0.05) is 54.9 Å². The molecule has 0 atom stereocenters. The quantitative estimate of drug-likeness (QED) is 0.590. The highest BCUT2D eigenvalue weighted by Gasteiger charge is 2.47. The zero-order chi connectivity index (χ0) is 14.0. The van der Waals surface area contributed by atoms with Crippen LogP contribution in [0.15, 0.2) is 0 Å². The molecule has 0 unspecified atom stereocenters. The lowest BCUT2D eigenvalue weighted by atomic mass is 9.63. The minimum Gasteiger partial charge on any atom is -0.413 e. The van der Waals surface area contributed by atoms with Crippen molar-refractivity contribution >= 4 is 8.32 Å². The monoisotopic (exact) mass is 270 g/mol. The van der Waals surface area contributed by atoms with Crippen LogP contribution in [0, 0.1) is 10.8 Å². The van der Waals surface area contributed by atoms with Crippen molar-refractivity contribution in [3.05, 3.63) is 0 Å². The average Bonchev–Trinajstić information content (AvgIpc) is 2.29. The van der Waals surface area contributed by atoms with Crippen molar-refractivity contribution in [2.45, 2.75) is 92.0 Å². The van der Waals surface area contributed by atoms with Crippen LogP contribution in [0.3, 0.4) is 0 Å². The molecule has 1 saturated carbocycles. The van der Waals surface area contributed by atoms with Crippen LogP contribution in [0.4, 0.5) is 0 Å². The standard InChI is InChI=1S/C16H34OSi/c1-8-18(9-2,10-3)17-14-15(4,5)12-11-13-16(14,6)7/h14H,8-13H2,1-7H3. The predicted octanol–water partition coefficient (Wildman–Crippen LogP) is 5.61. The lowest BCUT2D eigenvalue weighted by Gasteiger charge is -2.52. The van der Waals surface area contributed by atoms with Crippen molar-refractivity contribution in [3.63, 3.8) is 0 Å². The van der Waals surface area contributed by atoms with Crippen molar-refractivity contribution < 1.29 is 4.43 Å². The van der Waals surface area contributed by atoms with Crippen LogP contribution < -0.4 is 0 Å². The normalized spacial score (nSPS) is 24.2. The molecule has 0 N–H and O–H groups in total. The molecule has 1 fully saturated rings. The van der Waals surface area contributed by atoms with Crippen LogP contribution >= 0.6 is 0 Å². The summed E-state index contributed by atoms with van der Waals surface area (Å²) in [5, 5.41) is 0. The topological polar surface area (TPSA) is 9.23 Å². The van der Waals surface area contributed by atoms with Crippen LogP contribution in [0.2, 0.25) is 18.1 Å². The summed E-state index contributed by atoms with van der Waals surface area (Å²) in [5.74, 6) is 0. The smallest absolute Gasteiger partial charge is 0.192 e. The van der Waals surface area contributed by atoms with E-state index in [0.29, 0.717) is 16.9 Å². The molecule has 0 aromatic rings. The first-order valence-corrected chi connectivity index (χ1v) is 10.4. The van der Waals surface area contributed by atoms with E-state index >= 15 is 0 Å². The largest absolute Gasteiger partial charge is 0.413 e. The maximum atomic E-state index is 6.90. The molecule has 1 aliphatic carbocycles. The van der Waals surface area contributed by atoms with Gasteiger partial charge in [-0.25, -0.2) is 0 Å². The Balaban J connectivity index is 2.96. The molecule has 1 aliphatic rings. The fourth-order valence-electron chi connectivity index (χ4n) is 3.89. The van der Waals surface area contributed by atoms with Crippen molar-refractivity contribution in [2.24, 2.45) is 10.8 Å². The summed E-state index contributed by atoms with van der Waals surface area (Å²) in [5.41, 5.74) is 0.693. The fraction of sp³-hybridized carbons (Fsp3) is 1.00. The van der Waals surface area contributed by atoms with E-state index in [9.17, 15) is 0 Å². The third-order valence-corrected chi connectivity index (χ3v) is 9.96. The number of rotatable bonds is 5. The van der Waals surface area contributed by atoms with Gasteiger partial charge in [0, 0.05) is 0 Å². The zero-order valence-corrected chi connectivity index (χ0v) is 14.7. The summed E-state index contributed by atoms with van der Waals surface area (Å²) in [4.78, 5) is 0. The molecule has 0 saturated heterocycles. The molecular weight excluding hydrogens is 236 g/mol. The molecule has 0 aromatic carbocycles. The maximum Gasteiger partial charge on any atom is 0.192 e. The van der Waals surface area contributed by atoms with Gasteiger partial charge in [-0.2, -0.15) is 0 Å². The van der Waals surface area contributed by atoms with E-state index in [2.05, 4.69) is 48.5 Å². The Morgan fingerprint density at radius 1 is 0.889 bits per heavy atom. The minimum absolute atomic E-state index is 0.347. The summed E-state index contributed by atoms with van der Waals surface area (Å²) < 4.78 is 6.90. The molecule has 18 heavy (non-hydrogen) atoms. The predicted molar refractivity (Wildman–Crippen MR) is 83.5 cm³/mol. The Labute approximate surface area is 116 Å². The van der Waals surface area contributed by atoms with Crippen LogP contribution in [-0.4, -0.2) is 14.4 Å². The number of hydrogen-bond donors (Lipinski definition) is 0. The van der Waals surface area contributed by atoms with Crippen molar-refractivity contribution in [1.82, 2.24) is 0 Å². The molecule has 0 radical (unpaired) electrons. The Kier molecular flexibility index (Phi) is 5.11. The molecule has 0 aliphatic heterocycles. The molecular formula is C16H34OSi. The molecule has 108 valence electrons. The van der Waals surface area contributed by atoms with E-state index in [1.807, 2.05) is 0 Å². The van der Waals surface area contributed by atoms with E-state index in [4.69, 9.17) is 4.43 Å². The molecule has 0 aromatic heterocycles. The van der Waals surface area contributed by atoms with Gasteiger partial charge in [0.05, 0.1) is 6.10 Å². The van der Waals surface area contributed by atoms with Gasteiger partial charge < -0.3 is 4.43 Å². The van der Waals surface area contributed by atoms with E-state index in [0.717, 1.165) is 0 Å². The molecule has 2 heteroatoms. The zero-order valence-electron chi connectivity index (χ0n) is 13.7. The van der Waals surface area contributed by atoms with Gasteiger partial charge in [-0.3, -0.25) is 0 Å². The van der Waals surface area contributed by atoms with Gasteiger partial charge in [-0.05, 0) is 41.8 Å². The average molecular weight is 271 g/mol. The van der Waals surface area contributed by atoms with Crippen LogP contribution in [0.5, 0.6) is 0 Å². The minimum atomic E-state index is -1.48. The van der Waals surface area contributed by atoms with Crippen LogP contribution in [0.25, 0.3) is 0 Å². The third kappa shape index (κ3) is 3.19. The van der Waals surface area contributed by atoms with E-state index in [-0.39, 0.29) is 0 Å². The van der Waals surface area contributed by atoms with Gasteiger partial charge in [0.15, 0.2) is 8.32 Å². The molecule has 0 spiro atoms. The maximum absolute atomic E-state index is 6.90. The Bertz CT molecular complexity index is 242. The summed E-state index contributed by atoms with van der Waals surface area (Å²) >= 11 is 0. The highest BCUT2D eigenvalue weighted by molar-refractivity contribution is 6.73. The van der Waals surface area contributed by atoms with Crippen LogP contribution in [-0.2, 0) is 4.43 Å². The van der Waals surface area contributed by atoms with E-state index in [1.54, 1.807) is 0 Å². The van der Waals surface area contributed by atoms with Gasteiger partial charge in [-0.15, -0.1) is 0 Å². The molecule has 1 nitrogen and oxygen atoms in total. The van der Waals surface area contributed by atoms with Gasteiger partial charge in [0.2, 0.25) is 0 Å². The van der Waals surface area contributed by atoms with Gasteiger partial charge >= 0.3 is 0 Å². The molecule has 1 rings (SSSR count).